The summed E-state index contributed by atoms with van der Waals surface area (Å²) in [5.41, 5.74) is 0. The number of ether oxygens (including phenoxy) is 1. The van der Waals surface area contributed by atoms with Crippen LogP contribution in [0.2, 0.25) is 0 Å². The Morgan fingerprint density at radius 3 is 2.70 bits per heavy atom. The van der Waals surface area contributed by atoms with Gasteiger partial charge >= 0.3 is 5.97 Å². The molecule has 2 fully saturated rings. The average molecular weight is 605 g/mol. The van der Waals surface area contributed by atoms with Gasteiger partial charge in [-0.2, -0.15) is 0 Å². The number of fused-ring (bicyclic) bond motifs is 2. The minimum atomic E-state index is -0.698. The fraction of sp³-hybridized carbons (Fsp3) is 0.864. The van der Waals surface area contributed by atoms with E-state index in [-0.39, 0.29) is 43.6 Å². The van der Waals surface area contributed by atoms with Crippen LogP contribution in [0.15, 0.2) is 12.2 Å². The molecule has 1 heterocycles. The molecule has 154 valence electrons. The molecule has 0 spiro atoms. The van der Waals surface area contributed by atoms with Crippen molar-refractivity contribution in [3.05, 3.63) is 12.2 Å². The van der Waals surface area contributed by atoms with Gasteiger partial charge in [0.1, 0.15) is 0 Å². The van der Waals surface area contributed by atoms with Gasteiger partial charge in [-0.25, -0.2) is 0 Å². The molecule has 0 aromatic rings. The number of aliphatic hydroxyl groups excluding tert-OH is 1. The fourth-order valence-corrected chi connectivity index (χ4v) is 4.74. The van der Waals surface area contributed by atoms with Crippen molar-refractivity contribution in [3.8, 4) is 0 Å². The van der Waals surface area contributed by atoms with E-state index in [1.54, 1.807) is 0 Å². The average Bonchev–Trinajstić information content (AvgIpc) is 3.20. The Labute approximate surface area is 188 Å². The third-order valence-electron chi connectivity index (χ3n) is 6.25. The smallest absolute Gasteiger partial charge is 0.303 e. The molecule has 2 rings (SSSR count). The number of allylic oxidation sites excluding steroid dienone is 2. The zero-order valence-electron chi connectivity index (χ0n) is 16.9. The predicted octanol–water partition coefficient (Wildman–Crippen LogP) is 4.95. The Morgan fingerprint density at radius 2 is 1.96 bits per heavy atom. The molecule has 0 aromatic carbocycles. The minimum absolute atomic E-state index is 0. The molecule has 27 heavy (non-hydrogen) atoms. The maximum absolute atomic E-state index is 10.5. The molecule has 0 amide bonds. The van der Waals surface area contributed by atoms with Gasteiger partial charge in [0.05, 0.1) is 18.8 Å². The van der Waals surface area contributed by atoms with E-state index in [0.717, 1.165) is 58.0 Å². The summed E-state index contributed by atoms with van der Waals surface area (Å²) in [6, 6.07) is 0. The first-order chi connectivity index (χ1) is 12.6. The van der Waals surface area contributed by atoms with Crippen molar-refractivity contribution in [2.24, 2.45) is 17.8 Å². The Hall–Kier alpha value is 0.182. The van der Waals surface area contributed by atoms with Crippen molar-refractivity contribution in [1.29, 1.82) is 0 Å². The van der Waals surface area contributed by atoms with Crippen LogP contribution in [0.1, 0.15) is 84.0 Å². The molecule has 5 atom stereocenters. The maximum atomic E-state index is 10.5. The van der Waals surface area contributed by atoms with Gasteiger partial charge in [-0.1, -0.05) is 38.3 Å². The van der Waals surface area contributed by atoms with Gasteiger partial charge in [0, 0.05) is 37.5 Å². The predicted molar refractivity (Wildman–Crippen MR) is 104 cm³/mol. The van der Waals surface area contributed by atoms with Crippen LogP contribution in [0.25, 0.3) is 0 Å². The number of carbonyl (C=O) groups is 1. The fourth-order valence-electron chi connectivity index (χ4n) is 4.74. The van der Waals surface area contributed by atoms with Crippen LogP contribution in [0.4, 0.5) is 0 Å². The summed E-state index contributed by atoms with van der Waals surface area (Å²) in [4.78, 5) is 10.5. The Balaban J connectivity index is 0.00000364. The van der Waals surface area contributed by atoms with Gasteiger partial charge in [0.2, 0.25) is 0 Å². The molecule has 0 radical (unpaired) electrons. The van der Waals surface area contributed by atoms with Gasteiger partial charge in [0.15, 0.2) is 0 Å². The van der Waals surface area contributed by atoms with Crippen LogP contribution < -0.4 is 0 Å². The summed E-state index contributed by atoms with van der Waals surface area (Å²) in [5.74, 6) is 1.30. The van der Waals surface area contributed by atoms with Crippen molar-refractivity contribution < 1.29 is 50.9 Å². The van der Waals surface area contributed by atoms with Gasteiger partial charge in [-0.15, -0.1) is 0 Å². The molecule has 2 aliphatic rings. The van der Waals surface area contributed by atoms with Crippen molar-refractivity contribution in [3.63, 3.8) is 0 Å². The van der Waals surface area contributed by atoms with E-state index in [2.05, 4.69) is 19.1 Å². The Kier molecular flexibility index (Phi) is 13.3. The number of aliphatic carboxylic acids is 1. The molecular weight excluding hydrogens is 566 g/mol. The summed E-state index contributed by atoms with van der Waals surface area (Å²) >= 11 is 0. The second-order valence-corrected chi connectivity index (χ2v) is 8.27. The molecule has 0 aromatic heterocycles. The Morgan fingerprint density at radius 1 is 1.15 bits per heavy atom. The normalized spacial score (nSPS) is 27.8. The first kappa shape index (κ1) is 25.2. The van der Waals surface area contributed by atoms with E-state index in [1.165, 1.54) is 19.3 Å². The van der Waals surface area contributed by atoms with Crippen LogP contribution in [0, 0.1) is 48.9 Å². The van der Waals surface area contributed by atoms with Crippen LogP contribution >= 0.6 is 0 Å². The molecule has 1 saturated heterocycles. The summed E-state index contributed by atoms with van der Waals surface area (Å²) in [6.45, 7) is 3.11. The van der Waals surface area contributed by atoms with Gasteiger partial charge in [-0.05, 0) is 69.1 Å². The molecule has 1 aliphatic carbocycles. The number of carboxylic acid groups (broad SMARTS) is 1. The molecule has 3 unspecified atom stereocenters. The molecular formula is C22H38O4U. The first-order valence-corrected chi connectivity index (χ1v) is 10.8. The van der Waals surface area contributed by atoms with Crippen LogP contribution in [-0.4, -0.2) is 35.0 Å². The van der Waals surface area contributed by atoms with Crippen molar-refractivity contribution in [1.82, 2.24) is 0 Å². The van der Waals surface area contributed by atoms with Gasteiger partial charge in [0.25, 0.3) is 0 Å². The maximum Gasteiger partial charge on any atom is 0.303 e. The van der Waals surface area contributed by atoms with Crippen LogP contribution in [0.5, 0.6) is 0 Å². The molecule has 5 heteroatoms. The third kappa shape index (κ3) is 9.03. The standard InChI is InChI=1S/C22H38O4.U/c1-2-3-7-10-18(23)13-14-20-19(17-15-21(20)26-16-17)11-8-5-4-6-9-12-22(24)25;/h5,8,17-21,23H,2-4,6-7,9-16H2,1H3,(H,24,25);/b8-5-;/t17?,18-,19-,20?,21?;/m0./s1. The van der Waals surface area contributed by atoms with Crippen LogP contribution in [0.3, 0.4) is 0 Å². The van der Waals surface area contributed by atoms with E-state index in [0.29, 0.717) is 23.9 Å². The molecule has 2 bridgehead atoms. The van der Waals surface area contributed by atoms with E-state index >= 15 is 0 Å². The zero-order valence-corrected chi connectivity index (χ0v) is 21.1. The summed E-state index contributed by atoms with van der Waals surface area (Å²) in [6.07, 6.45) is 16.6. The monoisotopic (exact) mass is 604 g/mol. The number of hydrogen-bond acceptors (Lipinski definition) is 3. The number of hydrogen-bond donors (Lipinski definition) is 2. The quantitative estimate of drug-likeness (QED) is 0.218. The first-order valence-electron chi connectivity index (χ1n) is 10.8. The number of unbranched alkanes of at least 4 members (excludes halogenated alkanes) is 4. The van der Waals surface area contributed by atoms with Gasteiger partial charge < -0.3 is 14.9 Å². The molecule has 1 saturated carbocycles. The molecule has 2 N–H and O–H groups in total. The minimum Gasteiger partial charge on any atom is -0.481 e. The van der Waals surface area contributed by atoms with E-state index in [4.69, 9.17) is 9.84 Å². The second-order valence-electron chi connectivity index (χ2n) is 8.27. The third-order valence-corrected chi connectivity index (χ3v) is 6.25. The SMILES string of the molecule is CCCCC[C@H](O)CCC1C2CC(CO2)[C@@H]1C/C=C\CCCCC(=O)O.[U]. The summed E-state index contributed by atoms with van der Waals surface area (Å²) in [7, 11) is 0. The van der Waals surface area contributed by atoms with Gasteiger partial charge in [-0.3, -0.25) is 4.79 Å². The van der Waals surface area contributed by atoms with Crippen molar-refractivity contribution >= 4 is 5.97 Å². The van der Waals surface area contributed by atoms with Crippen molar-refractivity contribution in [2.75, 3.05) is 6.61 Å². The topological polar surface area (TPSA) is 66.8 Å². The number of rotatable bonds is 14. The second kappa shape index (κ2) is 14.2. The number of aliphatic hydroxyl groups is 1. The largest absolute Gasteiger partial charge is 0.481 e. The molecule has 4 nitrogen and oxygen atoms in total. The molecule has 1 aliphatic heterocycles. The van der Waals surface area contributed by atoms with E-state index in [9.17, 15) is 9.90 Å². The summed E-state index contributed by atoms with van der Waals surface area (Å²) < 4.78 is 5.95. The van der Waals surface area contributed by atoms with E-state index < -0.39 is 5.97 Å². The summed E-state index contributed by atoms with van der Waals surface area (Å²) in [5, 5.41) is 18.9. The zero-order chi connectivity index (χ0) is 18.8. The Bertz CT molecular complexity index is 440. The van der Waals surface area contributed by atoms with Crippen LogP contribution in [-0.2, 0) is 9.53 Å². The van der Waals surface area contributed by atoms with Crippen molar-refractivity contribution in [2.45, 2.75) is 96.2 Å². The van der Waals surface area contributed by atoms with E-state index in [1.807, 2.05) is 0 Å². The number of carboxylic acids is 1.